The van der Waals surface area contributed by atoms with Gasteiger partial charge >= 0.3 is 0 Å². The van der Waals surface area contributed by atoms with Crippen LogP contribution in [0.4, 0.5) is 0 Å². The van der Waals surface area contributed by atoms with E-state index in [0.717, 1.165) is 22.3 Å². The summed E-state index contributed by atoms with van der Waals surface area (Å²) in [5, 5.41) is 2.47. The largest absolute Gasteiger partial charge is 0.208 e. The Bertz CT molecular complexity index is 2590. The zero-order valence-corrected chi connectivity index (χ0v) is 27.3. The first-order valence-corrected chi connectivity index (χ1v) is 17.2. The monoisotopic (exact) mass is 643 g/mol. The summed E-state index contributed by atoms with van der Waals surface area (Å²) in [4.78, 5) is 15.2. The molecule has 0 aliphatic heterocycles. The fourth-order valence-corrected chi connectivity index (χ4v) is 7.83. The first-order chi connectivity index (χ1) is 24.3. The maximum atomic E-state index is 5.12. The Morgan fingerprint density at radius 3 is 1.37 bits per heavy atom. The van der Waals surface area contributed by atoms with Gasteiger partial charge in [-0.15, -0.1) is 11.3 Å². The molecule has 0 atom stereocenters. The van der Waals surface area contributed by atoms with Crippen LogP contribution >= 0.6 is 11.3 Å². The Morgan fingerprint density at radius 2 is 0.714 bits per heavy atom. The minimum absolute atomic E-state index is 0.649. The first kappa shape index (κ1) is 29.0. The van der Waals surface area contributed by atoms with Crippen LogP contribution in [-0.2, 0) is 0 Å². The van der Waals surface area contributed by atoms with Gasteiger partial charge in [0.1, 0.15) is 0 Å². The summed E-state index contributed by atoms with van der Waals surface area (Å²) < 4.78 is 2.44. The van der Waals surface area contributed by atoms with Crippen LogP contribution in [0.2, 0.25) is 0 Å². The average molecular weight is 644 g/mol. The van der Waals surface area contributed by atoms with Gasteiger partial charge in [0, 0.05) is 36.9 Å². The lowest BCUT2D eigenvalue weighted by molar-refractivity contribution is 1.08. The van der Waals surface area contributed by atoms with Crippen LogP contribution in [0.3, 0.4) is 0 Å². The van der Waals surface area contributed by atoms with E-state index in [0.29, 0.717) is 17.5 Å². The minimum atomic E-state index is 0.649. The minimum Gasteiger partial charge on any atom is -0.208 e. The van der Waals surface area contributed by atoms with Crippen LogP contribution < -0.4 is 0 Å². The predicted molar refractivity (Wildman–Crippen MR) is 205 cm³/mol. The maximum absolute atomic E-state index is 5.12. The molecule has 0 radical (unpaired) electrons. The van der Waals surface area contributed by atoms with E-state index in [1.54, 1.807) is 11.3 Å². The van der Waals surface area contributed by atoms with Crippen LogP contribution in [0.15, 0.2) is 176 Å². The summed E-state index contributed by atoms with van der Waals surface area (Å²) in [7, 11) is 0. The molecule has 0 aliphatic rings. The smallest absolute Gasteiger partial charge is 0.165 e. The number of hydrogen-bond donors (Lipinski definition) is 0. The molecule has 0 unspecified atom stereocenters. The highest BCUT2D eigenvalue weighted by Crippen LogP contribution is 2.41. The quantitative estimate of drug-likeness (QED) is 0.181. The molecule has 0 aliphatic carbocycles. The molecule has 0 spiro atoms. The number of rotatable bonds is 6. The van der Waals surface area contributed by atoms with Crippen molar-refractivity contribution in [3.63, 3.8) is 0 Å². The Kier molecular flexibility index (Phi) is 7.34. The molecular formula is C45H29N3S. The number of thiophene rings is 1. The number of nitrogens with zero attached hydrogens (tertiary/aromatic N) is 3. The van der Waals surface area contributed by atoms with Crippen molar-refractivity contribution < 1.29 is 0 Å². The highest BCUT2D eigenvalue weighted by Gasteiger charge is 2.17. The van der Waals surface area contributed by atoms with E-state index in [2.05, 4.69) is 158 Å². The van der Waals surface area contributed by atoms with Crippen molar-refractivity contribution in [2.75, 3.05) is 0 Å². The SMILES string of the molecule is c1ccc(-c2nc(-c3ccc(-c4ccccc4-c4ccccc4-c4ccccc4)cc3)nc(-c3cccc4c3sc3ccccc34)n2)cc1. The Morgan fingerprint density at radius 1 is 0.286 bits per heavy atom. The van der Waals surface area contributed by atoms with Crippen LogP contribution in [0, 0.1) is 0 Å². The zero-order chi connectivity index (χ0) is 32.6. The molecule has 0 bridgehead atoms. The summed E-state index contributed by atoms with van der Waals surface area (Å²) >= 11 is 1.78. The predicted octanol–water partition coefficient (Wildman–Crippen LogP) is 12.2. The van der Waals surface area contributed by atoms with Gasteiger partial charge in [0.15, 0.2) is 17.5 Å². The van der Waals surface area contributed by atoms with E-state index >= 15 is 0 Å². The van der Waals surface area contributed by atoms with Crippen LogP contribution in [-0.4, -0.2) is 15.0 Å². The third-order valence-corrected chi connectivity index (χ3v) is 10.2. The molecule has 9 aromatic rings. The summed E-state index contributed by atoms with van der Waals surface area (Å²) in [6.07, 6.45) is 0. The topological polar surface area (TPSA) is 38.7 Å². The van der Waals surface area contributed by atoms with Gasteiger partial charge in [-0.1, -0.05) is 164 Å². The molecule has 0 N–H and O–H groups in total. The fraction of sp³-hybridized carbons (Fsp3) is 0. The molecule has 4 heteroatoms. The number of aromatic nitrogens is 3. The Hall–Kier alpha value is -6.23. The molecule has 9 rings (SSSR count). The standard InChI is InChI=1S/C45H29N3S/c1-3-14-30(15-4-1)34-18-7-9-20-36(34)37-21-10-8-19-35(37)31-26-28-33(29-27-31)44-46-43(32-16-5-2-6-17-32)47-45(48-44)40-24-13-23-39-38-22-11-12-25-41(38)49-42(39)40/h1-29H. The molecule has 49 heavy (non-hydrogen) atoms. The molecule has 3 nitrogen and oxygen atoms in total. The number of fused-ring (bicyclic) bond motifs is 3. The second kappa shape index (κ2) is 12.4. The van der Waals surface area contributed by atoms with Crippen molar-refractivity contribution >= 4 is 31.5 Å². The summed E-state index contributed by atoms with van der Waals surface area (Å²) in [5.41, 5.74) is 10.0. The van der Waals surface area contributed by atoms with Crippen LogP contribution in [0.5, 0.6) is 0 Å². The Balaban J connectivity index is 1.15. The van der Waals surface area contributed by atoms with Crippen molar-refractivity contribution in [2.45, 2.75) is 0 Å². The molecule has 230 valence electrons. The normalized spacial score (nSPS) is 11.3. The zero-order valence-electron chi connectivity index (χ0n) is 26.5. The van der Waals surface area contributed by atoms with E-state index in [9.17, 15) is 0 Å². The van der Waals surface area contributed by atoms with Crippen molar-refractivity contribution in [2.24, 2.45) is 0 Å². The lowest BCUT2D eigenvalue weighted by atomic mass is 9.89. The van der Waals surface area contributed by atoms with Gasteiger partial charge in [-0.2, -0.15) is 0 Å². The molecule has 7 aromatic carbocycles. The molecular weight excluding hydrogens is 615 g/mol. The lowest BCUT2D eigenvalue weighted by Gasteiger charge is -2.15. The third-order valence-electron chi connectivity index (χ3n) is 9.00. The van der Waals surface area contributed by atoms with E-state index in [1.807, 2.05) is 18.2 Å². The number of hydrogen-bond acceptors (Lipinski definition) is 4. The van der Waals surface area contributed by atoms with Crippen LogP contribution in [0.25, 0.3) is 87.7 Å². The first-order valence-electron chi connectivity index (χ1n) is 16.4. The van der Waals surface area contributed by atoms with Gasteiger partial charge in [0.2, 0.25) is 0 Å². The van der Waals surface area contributed by atoms with Gasteiger partial charge < -0.3 is 0 Å². The summed E-state index contributed by atoms with van der Waals surface area (Å²) in [5.74, 6) is 1.98. The lowest BCUT2D eigenvalue weighted by Crippen LogP contribution is -2.00. The van der Waals surface area contributed by atoms with Gasteiger partial charge in [-0.25, -0.2) is 15.0 Å². The van der Waals surface area contributed by atoms with Crippen molar-refractivity contribution in [3.05, 3.63) is 176 Å². The summed E-state index contributed by atoms with van der Waals surface area (Å²) in [6, 6.07) is 61.6. The van der Waals surface area contributed by atoms with Gasteiger partial charge in [0.25, 0.3) is 0 Å². The molecule has 0 saturated carbocycles. The molecule has 0 fully saturated rings. The second-order valence-electron chi connectivity index (χ2n) is 12.0. The average Bonchev–Trinajstić information content (AvgIpc) is 3.58. The highest BCUT2D eigenvalue weighted by atomic mass is 32.1. The van der Waals surface area contributed by atoms with Crippen LogP contribution in [0.1, 0.15) is 0 Å². The van der Waals surface area contributed by atoms with E-state index < -0.39 is 0 Å². The van der Waals surface area contributed by atoms with E-state index in [4.69, 9.17) is 15.0 Å². The Labute approximate surface area is 288 Å². The fourth-order valence-electron chi connectivity index (χ4n) is 6.62. The molecule has 0 saturated heterocycles. The molecule has 2 heterocycles. The van der Waals surface area contributed by atoms with Crippen molar-refractivity contribution in [3.8, 4) is 67.5 Å². The highest BCUT2D eigenvalue weighted by molar-refractivity contribution is 7.26. The summed E-state index contributed by atoms with van der Waals surface area (Å²) in [6.45, 7) is 0. The van der Waals surface area contributed by atoms with Gasteiger partial charge in [-0.05, 0) is 45.5 Å². The molecule has 2 aromatic heterocycles. The van der Waals surface area contributed by atoms with E-state index in [1.165, 1.54) is 48.0 Å². The van der Waals surface area contributed by atoms with Gasteiger partial charge in [-0.3, -0.25) is 0 Å². The van der Waals surface area contributed by atoms with Gasteiger partial charge in [0.05, 0.1) is 0 Å². The maximum Gasteiger partial charge on any atom is 0.165 e. The third kappa shape index (κ3) is 5.38. The van der Waals surface area contributed by atoms with E-state index in [-0.39, 0.29) is 0 Å². The second-order valence-corrected chi connectivity index (χ2v) is 13.0. The number of benzene rings is 7. The van der Waals surface area contributed by atoms with Crippen molar-refractivity contribution in [1.82, 2.24) is 15.0 Å². The molecule has 0 amide bonds. The van der Waals surface area contributed by atoms with Crippen molar-refractivity contribution in [1.29, 1.82) is 0 Å².